The van der Waals surface area contributed by atoms with Gasteiger partial charge >= 0.3 is 0 Å². The molecule has 0 bridgehead atoms. The Balaban J connectivity index is -0.000000425. The Morgan fingerprint density at radius 1 is 0.900 bits per heavy atom. The molecule has 0 unspecified atom stereocenters. The normalized spacial score (nSPS) is 7.85. The van der Waals surface area contributed by atoms with Gasteiger partial charge in [-0.3, -0.25) is 0 Å². The van der Waals surface area contributed by atoms with Crippen LogP contribution < -0.4 is 15.2 Å². The minimum Gasteiger partial charge on any atom is -0.504 e. The maximum atomic E-state index is 9.48. The summed E-state index contributed by atoms with van der Waals surface area (Å²) in [5, 5.41) is 9.48. The van der Waals surface area contributed by atoms with Gasteiger partial charge in [-0.15, -0.1) is 0 Å². The zero-order valence-corrected chi connectivity index (χ0v) is 14.4. The topological polar surface area (TPSA) is 64.7 Å². The van der Waals surface area contributed by atoms with Gasteiger partial charge < -0.3 is 20.3 Å². The molecule has 3 N–H and O–H groups in total. The second-order valence-electron chi connectivity index (χ2n) is 2.87. The largest absolute Gasteiger partial charge is 0.504 e. The number of phenolic OH excluding ortho intramolecular Hbond substituents is 1. The van der Waals surface area contributed by atoms with Crippen LogP contribution in [0.2, 0.25) is 0 Å². The van der Waals surface area contributed by atoms with E-state index in [1.165, 1.54) is 13.2 Å². The Hall–Kier alpha value is -1.42. The second kappa shape index (κ2) is 17.6. The lowest BCUT2D eigenvalue weighted by atomic mass is 10.1. The van der Waals surface area contributed by atoms with Crippen molar-refractivity contribution in [1.82, 2.24) is 0 Å². The fourth-order valence-electron chi connectivity index (χ4n) is 1.30. The molecule has 0 atom stereocenters. The molecule has 4 nitrogen and oxygen atoms in total. The molecule has 0 saturated heterocycles. The van der Waals surface area contributed by atoms with E-state index in [1.807, 2.05) is 41.5 Å². The van der Waals surface area contributed by atoms with Crippen LogP contribution in [0.25, 0.3) is 0 Å². The molecule has 1 aromatic carbocycles. The van der Waals surface area contributed by atoms with E-state index in [9.17, 15) is 5.11 Å². The van der Waals surface area contributed by atoms with Gasteiger partial charge in [-0.05, 0) is 24.6 Å². The molecule has 0 spiro atoms. The summed E-state index contributed by atoms with van der Waals surface area (Å²) in [5.74, 6) is 1.15. The molecule has 20 heavy (non-hydrogen) atoms. The van der Waals surface area contributed by atoms with Gasteiger partial charge in [0.15, 0.2) is 11.5 Å². The third kappa shape index (κ3) is 8.64. The van der Waals surface area contributed by atoms with Crippen LogP contribution in [0, 0.1) is 0 Å². The highest BCUT2D eigenvalue weighted by Crippen LogP contribution is 2.33. The number of ether oxygens (including phenoxy) is 2. The molecule has 0 radical (unpaired) electrons. The number of hydrogen-bond donors (Lipinski definition) is 2. The van der Waals surface area contributed by atoms with E-state index in [0.29, 0.717) is 24.5 Å². The van der Waals surface area contributed by atoms with Crippen molar-refractivity contribution < 1.29 is 14.6 Å². The van der Waals surface area contributed by atoms with E-state index < -0.39 is 0 Å². The smallest absolute Gasteiger partial charge is 0.161 e. The lowest BCUT2D eigenvalue weighted by molar-refractivity contribution is 0.364. The van der Waals surface area contributed by atoms with Crippen molar-refractivity contribution in [1.29, 1.82) is 0 Å². The zero-order chi connectivity index (χ0) is 16.6. The van der Waals surface area contributed by atoms with E-state index in [1.54, 1.807) is 13.2 Å². The van der Waals surface area contributed by atoms with Crippen molar-refractivity contribution >= 4 is 0 Å². The molecule has 1 aromatic rings. The van der Waals surface area contributed by atoms with Crippen LogP contribution in [0.5, 0.6) is 17.2 Å². The molecule has 1 rings (SSSR count). The summed E-state index contributed by atoms with van der Waals surface area (Å²) in [4.78, 5) is 0. The summed E-state index contributed by atoms with van der Waals surface area (Å²) in [6, 6.07) is 3.27. The van der Waals surface area contributed by atoms with Crippen LogP contribution >= 0.6 is 0 Å². The predicted octanol–water partition coefficient (Wildman–Crippen LogP) is 3.99. The van der Waals surface area contributed by atoms with Crippen molar-refractivity contribution in [3.05, 3.63) is 17.7 Å². The number of rotatable bonds is 4. The Bertz CT molecular complexity index is 315. The number of phenols is 1. The van der Waals surface area contributed by atoms with Crippen LogP contribution in [0.1, 0.15) is 47.1 Å². The maximum Gasteiger partial charge on any atom is 0.161 e. The summed E-state index contributed by atoms with van der Waals surface area (Å²) in [6.45, 7) is 12.5. The van der Waals surface area contributed by atoms with Gasteiger partial charge in [0.1, 0.15) is 5.75 Å². The molecule has 0 aromatic heterocycles. The average Bonchev–Trinajstić information content (AvgIpc) is 2.54. The van der Waals surface area contributed by atoms with Gasteiger partial charge in [-0.25, -0.2) is 0 Å². The number of methoxy groups -OCH3 is 2. The number of benzene rings is 1. The van der Waals surface area contributed by atoms with Crippen molar-refractivity contribution in [2.45, 2.75) is 48.0 Å². The first-order valence-electron chi connectivity index (χ1n) is 7.36. The van der Waals surface area contributed by atoms with E-state index >= 15 is 0 Å². The van der Waals surface area contributed by atoms with E-state index in [4.69, 9.17) is 15.2 Å². The first-order valence-corrected chi connectivity index (χ1v) is 7.36. The summed E-state index contributed by atoms with van der Waals surface area (Å²) in [7, 11) is 3.06. The summed E-state index contributed by atoms with van der Waals surface area (Å²) in [5.41, 5.74) is 6.39. The molecule has 120 valence electrons. The van der Waals surface area contributed by atoms with Crippen molar-refractivity contribution in [3.8, 4) is 17.2 Å². The molecule has 0 aliphatic carbocycles. The lowest BCUT2D eigenvalue weighted by Crippen LogP contribution is -2.04. The van der Waals surface area contributed by atoms with Gasteiger partial charge in [0.2, 0.25) is 0 Å². The summed E-state index contributed by atoms with van der Waals surface area (Å²) < 4.78 is 10.1. The molecule has 0 amide bonds. The molecule has 0 aliphatic rings. The lowest BCUT2D eigenvalue weighted by Gasteiger charge is -2.11. The number of nitrogens with two attached hydrogens (primary N) is 1. The molecular formula is C16H33NO3. The average molecular weight is 287 g/mol. The second-order valence-corrected chi connectivity index (χ2v) is 2.87. The predicted molar refractivity (Wildman–Crippen MR) is 88.0 cm³/mol. The Morgan fingerprint density at radius 2 is 1.35 bits per heavy atom. The summed E-state index contributed by atoms with van der Waals surface area (Å²) >= 11 is 0. The van der Waals surface area contributed by atoms with Gasteiger partial charge in [0.05, 0.1) is 14.2 Å². The van der Waals surface area contributed by atoms with Crippen molar-refractivity contribution in [2.24, 2.45) is 5.73 Å². The van der Waals surface area contributed by atoms with Crippen LogP contribution in [0.3, 0.4) is 0 Å². The fraction of sp³-hybridized carbons (Fsp3) is 0.625. The zero-order valence-electron chi connectivity index (χ0n) is 14.4. The highest BCUT2D eigenvalue weighted by atomic mass is 16.5. The third-order valence-corrected chi connectivity index (χ3v) is 2.00. The van der Waals surface area contributed by atoms with Crippen LogP contribution in [0.4, 0.5) is 0 Å². The Labute approximate surface area is 124 Å². The molecule has 4 heteroatoms. The number of aromatic hydroxyl groups is 1. The minimum atomic E-state index is 0.0742. The molecular weight excluding hydrogens is 254 g/mol. The quantitative estimate of drug-likeness (QED) is 0.879. The molecule has 0 fully saturated rings. The fourth-order valence-corrected chi connectivity index (χ4v) is 1.30. The van der Waals surface area contributed by atoms with Crippen LogP contribution in [-0.4, -0.2) is 25.9 Å². The maximum absolute atomic E-state index is 9.48. The SMILES string of the molecule is CC.CC.CC.COc1cc(CCN)c(OC)cc1O. The van der Waals surface area contributed by atoms with Crippen LogP contribution in [0.15, 0.2) is 12.1 Å². The van der Waals surface area contributed by atoms with Gasteiger partial charge in [0.25, 0.3) is 0 Å². The van der Waals surface area contributed by atoms with Gasteiger partial charge in [-0.1, -0.05) is 41.5 Å². The third-order valence-electron chi connectivity index (χ3n) is 2.00. The monoisotopic (exact) mass is 287 g/mol. The Kier molecular flexibility index (Phi) is 20.8. The summed E-state index contributed by atoms with van der Waals surface area (Å²) in [6.07, 6.45) is 0.694. The molecule has 0 heterocycles. The van der Waals surface area contributed by atoms with E-state index in [-0.39, 0.29) is 5.75 Å². The van der Waals surface area contributed by atoms with Crippen LogP contribution in [-0.2, 0) is 6.42 Å². The van der Waals surface area contributed by atoms with E-state index in [0.717, 1.165) is 5.56 Å². The van der Waals surface area contributed by atoms with Crippen molar-refractivity contribution in [3.63, 3.8) is 0 Å². The first kappa shape index (κ1) is 23.7. The molecule has 0 saturated carbocycles. The first-order chi connectivity index (χ1) is 9.72. The standard InChI is InChI=1S/C10H15NO3.3C2H6/c1-13-9-6-8(12)10(14-2)5-7(9)3-4-11;3*1-2/h5-6,12H,3-4,11H2,1-2H3;3*1-2H3. The molecule has 0 aliphatic heterocycles. The number of hydrogen-bond acceptors (Lipinski definition) is 4. The van der Waals surface area contributed by atoms with Crippen molar-refractivity contribution in [2.75, 3.05) is 20.8 Å². The highest BCUT2D eigenvalue weighted by Gasteiger charge is 2.09. The van der Waals surface area contributed by atoms with E-state index in [2.05, 4.69) is 0 Å². The van der Waals surface area contributed by atoms with Gasteiger partial charge in [-0.2, -0.15) is 0 Å². The Morgan fingerprint density at radius 3 is 1.70 bits per heavy atom. The van der Waals surface area contributed by atoms with Gasteiger partial charge in [0, 0.05) is 6.07 Å². The highest BCUT2D eigenvalue weighted by molar-refractivity contribution is 5.49. The minimum absolute atomic E-state index is 0.0742.